The fourth-order valence-electron chi connectivity index (χ4n) is 0.870. The van der Waals surface area contributed by atoms with Gasteiger partial charge < -0.3 is 0 Å². The molecule has 0 aliphatic heterocycles. The molecule has 1 radical (unpaired) electrons. The second kappa shape index (κ2) is 2.67. The maximum Gasteiger partial charge on any atom is 0.00534 e. The van der Waals surface area contributed by atoms with Crippen molar-refractivity contribution < 1.29 is 0 Å². The third kappa shape index (κ3) is 1.88. The molecule has 0 aromatic rings. The lowest BCUT2D eigenvalue weighted by molar-refractivity contribution is 1.45. The van der Waals surface area contributed by atoms with Crippen molar-refractivity contribution in [3.05, 3.63) is 41.9 Å². The molecule has 0 spiro atoms. The van der Waals surface area contributed by atoms with Crippen LogP contribution in [-0.2, 0) is 0 Å². The molecule has 9 heavy (non-hydrogen) atoms. The van der Waals surface area contributed by atoms with Crippen LogP contribution in [0.25, 0.3) is 0 Å². The summed E-state index contributed by atoms with van der Waals surface area (Å²) in [5.74, 6) is 0. The predicted octanol–water partition coefficient (Wildman–Crippen LogP) is 2.65. The van der Waals surface area contributed by atoms with E-state index in [1.807, 2.05) is 0 Å². The van der Waals surface area contributed by atoms with Gasteiger partial charge in [-0.1, -0.05) is 35.5 Å². The highest BCUT2D eigenvalue weighted by Crippen LogP contribution is 2.08. The first-order valence-electron chi connectivity index (χ1n) is 3.15. The lowest BCUT2D eigenvalue weighted by atomic mass is 10.2. The third-order valence-electron chi connectivity index (χ3n) is 1.28. The highest BCUT2D eigenvalue weighted by molar-refractivity contribution is 5.35. The molecule has 1 aliphatic carbocycles. The molecule has 0 amide bonds. The molecule has 0 saturated heterocycles. The topological polar surface area (TPSA) is 0 Å². The fraction of sp³-hybridized carbons (Fsp3) is 0.222. The molecule has 0 bridgehead atoms. The average Bonchev–Trinajstić information content (AvgIpc) is 1.93. The van der Waals surface area contributed by atoms with Crippen molar-refractivity contribution in [2.24, 2.45) is 0 Å². The first-order valence-corrected chi connectivity index (χ1v) is 3.15. The Kier molecular flexibility index (Phi) is 1.88. The summed E-state index contributed by atoms with van der Waals surface area (Å²) >= 11 is 0. The van der Waals surface area contributed by atoms with E-state index < -0.39 is 0 Å². The second-order valence-corrected chi connectivity index (χ2v) is 2.35. The van der Waals surface area contributed by atoms with E-state index in [1.165, 1.54) is 11.1 Å². The van der Waals surface area contributed by atoms with Gasteiger partial charge in [-0.25, -0.2) is 0 Å². The summed E-state index contributed by atoms with van der Waals surface area (Å²) in [4.78, 5) is 0. The van der Waals surface area contributed by atoms with Crippen LogP contribution < -0.4 is 0 Å². The minimum atomic E-state index is 1.32. The van der Waals surface area contributed by atoms with Crippen LogP contribution >= 0.6 is 0 Å². The third-order valence-corrected chi connectivity index (χ3v) is 1.28. The van der Waals surface area contributed by atoms with E-state index in [9.17, 15) is 0 Å². The summed E-state index contributed by atoms with van der Waals surface area (Å²) in [7, 11) is 0. The zero-order chi connectivity index (χ0) is 6.69. The highest BCUT2D eigenvalue weighted by atomic mass is 13.9. The van der Waals surface area contributed by atoms with Gasteiger partial charge in [-0.15, -0.1) is 0 Å². The number of hydrogen-bond donors (Lipinski definition) is 0. The quantitative estimate of drug-likeness (QED) is 0.460. The highest BCUT2D eigenvalue weighted by Gasteiger charge is 1.88. The lowest BCUT2D eigenvalue weighted by Gasteiger charge is -1.88. The van der Waals surface area contributed by atoms with E-state index in [1.54, 1.807) is 0 Å². The number of allylic oxidation sites excluding steroid dienone is 6. The van der Waals surface area contributed by atoms with Crippen LogP contribution in [0.5, 0.6) is 0 Å². The molecular formula is C9H11. The Morgan fingerprint density at radius 3 is 2.67 bits per heavy atom. The summed E-state index contributed by atoms with van der Waals surface area (Å²) in [6, 6.07) is 0. The Morgan fingerprint density at radius 2 is 1.89 bits per heavy atom. The van der Waals surface area contributed by atoms with Gasteiger partial charge in [0.15, 0.2) is 0 Å². The molecule has 47 valence electrons. The van der Waals surface area contributed by atoms with E-state index in [0.29, 0.717) is 0 Å². The summed E-state index contributed by atoms with van der Waals surface area (Å²) in [6.45, 7) is 4.21. The minimum absolute atomic E-state index is 1.32. The molecule has 0 nitrogen and oxygen atoms in total. The van der Waals surface area contributed by atoms with Gasteiger partial charge in [0, 0.05) is 6.42 Å². The van der Waals surface area contributed by atoms with Gasteiger partial charge >= 0.3 is 0 Å². The van der Waals surface area contributed by atoms with Crippen LogP contribution in [0.15, 0.2) is 35.5 Å². The first-order chi connectivity index (χ1) is 4.29. The second-order valence-electron chi connectivity index (χ2n) is 2.35. The molecule has 0 heterocycles. The number of hydrogen-bond acceptors (Lipinski definition) is 0. The van der Waals surface area contributed by atoms with E-state index in [2.05, 4.69) is 44.6 Å². The van der Waals surface area contributed by atoms with Crippen LogP contribution in [0, 0.1) is 6.42 Å². The molecule has 0 heteroatoms. The minimum Gasteiger partial charge on any atom is -0.0764 e. The Labute approximate surface area is 56.6 Å². The molecule has 0 saturated carbocycles. The van der Waals surface area contributed by atoms with E-state index >= 15 is 0 Å². The van der Waals surface area contributed by atoms with Gasteiger partial charge in [0.1, 0.15) is 0 Å². The van der Waals surface area contributed by atoms with Crippen LogP contribution in [0.1, 0.15) is 13.8 Å². The maximum atomic E-state index is 2.17. The summed E-state index contributed by atoms with van der Waals surface area (Å²) < 4.78 is 0. The van der Waals surface area contributed by atoms with Crippen molar-refractivity contribution in [1.82, 2.24) is 0 Å². The molecule has 0 unspecified atom stereocenters. The smallest absolute Gasteiger partial charge is 0.00534 e. The molecule has 0 aromatic heterocycles. The maximum absolute atomic E-state index is 2.17. The van der Waals surface area contributed by atoms with E-state index in [0.717, 1.165) is 0 Å². The van der Waals surface area contributed by atoms with Gasteiger partial charge in [0.2, 0.25) is 0 Å². The molecule has 0 N–H and O–H groups in total. The van der Waals surface area contributed by atoms with Gasteiger partial charge in [-0.05, 0) is 13.8 Å². The Hall–Kier alpha value is -0.780. The van der Waals surface area contributed by atoms with Crippen LogP contribution in [0.2, 0.25) is 0 Å². The number of rotatable bonds is 0. The first kappa shape index (κ1) is 6.34. The SMILES string of the molecule is CC1=C[CH]C=CC(C)=C1. The zero-order valence-corrected chi connectivity index (χ0v) is 5.89. The van der Waals surface area contributed by atoms with Gasteiger partial charge in [-0.2, -0.15) is 0 Å². The Morgan fingerprint density at radius 1 is 1.11 bits per heavy atom. The van der Waals surface area contributed by atoms with Crippen molar-refractivity contribution in [2.75, 3.05) is 0 Å². The van der Waals surface area contributed by atoms with Gasteiger partial charge in [-0.3, -0.25) is 0 Å². The van der Waals surface area contributed by atoms with Crippen molar-refractivity contribution >= 4 is 0 Å². The van der Waals surface area contributed by atoms with Crippen LogP contribution in [0.4, 0.5) is 0 Å². The molecule has 0 aromatic carbocycles. The predicted molar refractivity (Wildman–Crippen MR) is 41.0 cm³/mol. The monoisotopic (exact) mass is 119 g/mol. The van der Waals surface area contributed by atoms with Crippen LogP contribution in [-0.4, -0.2) is 0 Å². The van der Waals surface area contributed by atoms with Crippen molar-refractivity contribution in [3.8, 4) is 0 Å². The Balaban J connectivity index is 2.82. The standard InChI is InChI=1S/C9H11/c1-8-5-3-4-6-9(2)7-8/h3-7H,1-2H3. The van der Waals surface area contributed by atoms with E-state index in [-0.39, 0.29) is 0 Å². The molecule has 1 rings (SSSR count). The summed E-state index contributed by atoms with van der Waals surface area (Å²) in [5, 5.41) is 0. The fourth-order valence-corrected chi connectivity index (χ4v) is 0.870. The summed E-state index contributed by atoms with van der Waals surface area (Å²) in [6.07, 6.45) is 10.5. The van der Waals surface area contributed by atoms with Crippen molar-refractivity contribution in [2.45, 2.75) is 13.8 Å². The molecule has 1 aliphatic rings. The molecular weight excluding hydrogens is 108 g/mol. The Bertz CT molecular complexity index is 180. The lowest BCUT2D eigenvalue weighted by Crippen LogP contribution is -1.67. The average molecular weight is 119 g/mol. The van der Waals surface area contributed by atoms with Crippen molar-refractivity contribution in [3.63, 3.8) is 0 Å². The van der Waals surface area contributed by atoms with E-state index in [4.69, 9.17) is 0 Å². The van der Waals surface area contributed by atoms with Gasteiger partial charge in [0.25, 0.3) is 0 Å². The van der Waals surface area contributed by atoms with Crippen molar-refractivity contribution in [1.29, 1.82) is 0 Å². The zero-order valence-electron chi connectivity index (χ0n) is 5.89. The summed E-state index contributed by atoms with van der Waals surface area (Å²) in [5.41, 5.74) is 2.63. The van der Waals surface area contributed by atoms with Gasteiger partial charge in [0.05, 0.1) is 0 Å². The van der Waals surface area contributed by atoms with Crippen LogP contribution in [0.3, 0.4) is 0 Å². The molecule has 0 fully saturated rings. The molecule has 0 atom stereocenters. The normalized spacial score (nSPS) is 18.4. The largest absolute Gasteiger partial charge is 0.0764 e.